The Morgan fingerprint density at radius 3 is 2.05 bits per heavy atom. The van der Waals surface area contributed by atoms with E-state index in [1.54, 1.807) is 0 Å². The van der Waals surface area contributed by atoms with E-state index in [1.165, 1.54) is 51.1 Å². The van der Waals surface area contributed by atoms with E-state index in [-0.39, 0.29) is 11.5 Å². The van der Waals surface area contributed by atoms with Crippen molar-refractivity contribution in [3.8, 4) is 0 Å². The highest BCUT2D eigenvalue weighted by Crippen LogP contribution is 2.70. The molecule has 0 radical (unpaired) electrons. The number of hydrogen-bond donors (Lipinski definition) is 9. The van der Waals surface area contributed by atoms with Gasteiger partial charge in [-0.25, -0.2) is 0 Å². The number of rotatable bonds is 8. The number of ether oxygens (including phenoxy) is 6. The number of nitrogens with zero attached hydrogens (tertiary/aromatic N) is 1. The third-order valence-corrected chi connectivity index (χ3v) is 18.0. The minimum Gasteiger partial charge on any atom is -0.394 e. The van der Waals surface area contributed by atoms with E-state index < -0.39 is 105 Å². The molecule has 16 nitrogen and oxygen atoms in total. The van der Waals surface area contributed by atoms with Crippen LogP contribution in [0.2, 0.25) is 0 Å². The molecule has 5 saturated heterocycles. The second-order valence-electron chi connectivity index (χ2n) is 21.2. The van der Waals surface area contributed by atoms with E-state index >= 15 is 0 Å². The van der Waals surface area contributed by atoms with Gasteiger partial charge in [-0.3, -0.25) is 4.90 Å². The SMILES string of the molecule is C[C@H]1CC[C@H]2[C@@H](C)[C@H]3[C@H](C[C@H]4[C@@H]5CC=C6C[C@@H](O[C@@H]7O[C@H](CO)[C@@H](O)[C@H](O[C@@H]8O[C@H](CO)[C@@H](O)[C@H](O)[C@H]8O)[C@H]7O[C@@H]7O[C@@H](C)[C@H](O)[C@@H](O)[C@H]7O)CC[C@]6(C)[C@H]5CC[C@]34C)N2C1. The molecular weight excluding hydrogens is 794 g/mol. The molecule has 9 aliphatic rings. The number of allylic oxidation sites excluding steroid dienone is 1. The van der Waals surface area contributed by atoms with Crippen LogP contribution in [-0.2, 0) is 28.4 Å². The molecule has 4 aliphatic carbocycles. The Hall–Kier alpha value is -0.900. The van der Waals surface area contributed by atoms with Gasteiger partial charge in [-0.15, -0.1) is 0 Å². The van der Waals surface area contributed by atoms with Gasteiger partial charge >= 0.3 is 0 Å². The normalized spacial score (nSPS) is 57.3. The van der Waals surface area contributed by atoms with Crippen LogP contribution in [0.5, 0.6) is 0 Å². The fraction of sp³-hybridized carbons (Fsp3) is 0.956. The average Bonchev–Trinajstić information content (AvgIpc) is 3.71. The minimum atomic E-state index is -1.83. The molecule has 0 aromatic carbocycles. The van der Waals surface area contributed by atoms with E-state index in [0.717, 1.165) is 36.6 Å². The monoisotopic (exact) mass is 867 g/mol. The first-order chi connectivity index (χ1) is 29.0. The quantitative estimate of drug-likeness (QED) is 0.148. The van der Waals surface area contributed by atoms with E-state index in [4.69, 9.17) is 28.4 Å². The van der Waals surface area contributed by atoms with E-state index in [9.17, 15) is 46.0 Å². The maximum atomic E-state index is 11.6. The largest absolute Gasteiger partial charge is 0.394 e. The molecule has 0 bridgehead atoms. The topological polar surface area (TPSA) is 241 Å². The van der Waals surface area contributed by atoms with Crippen molar-refractivity contribution in [2.75, 3.05) is 19.8 Å². The molecule has 61 heavy (non-hydrogen) atoms. The van der Waals surface area contributed by atoms with Crippen LogP contribution in [0, 0.1) is 46.3 Å². The molecule has 5 heterocycles. The van der Waals surface area contributed by atoms with Crippen LogP contribution >= 0.6 is 0 Å². The minimum absolute atomic E-state index is 0.00462. The Morgan fingerprint density at radius 2 is 1.33 bits per heavy atom. The summed E-state index contributed by atoms with van der Waals surface area (Å²) in [5, 5.41) is 95.8. The molecule has 9 N–H and O–H groups in total. The molecule has 8 fully saturated rings. The number of piperidine rings is 1. The molecular formula is C45H73NO15. The Balaban J connectivity index is 0.952. The van der Waals surface area contributed by atoms with Crippen molar-refractivity contribution in [1.82, 2.24) is 4.90 Å². The van der Waals surface area contributed by atoms with Crippen molar-refractivity contribution >= 4 is 0 Å². The summed E-state index contributed by atoms with van der Waals surface area (Å²) < 4.78 is 36.8. The van der Waals surface area contributed by atoms with Gasteiger partial charge in [-0.2, -0.15) is 0 Å². The molecule has 26 atom stereocenters. The third kappa shape index (κ3) is 7.42. The Morgan fingerprint density at radius 1 is 0.672 bits per heavy atom. The molecule has 5 aliphatic heterocycles. The predicted octanol–water partition coefficient (Wildman–Crippen LogP) is 0.155. The molecule has 3 saturated carbocycles. The van der Waals surface area contributed by atoms with Crippen molar-refractivity contribution < 1.29 is 74.4 Å². The third-order valence-electron chi connectivity index (χ3n) is 18.0. The van der Waals surface area contributed by atoms with Gasteiger partial charge in [0.05, 0.1) is 25.4 Å². The molecule has 9 rings (SSSR count). The summed E-state index contributed by atoms with van der Waals surface area (Å²) in [5.41, 5.74) is 1.72. The first kappa shape index (κ1) is 45.3. The average molecular weight is 868 g/mol. The zero-order valence-electron chi connectivity index (χ0n) is 36.3. The lowest BCUT2D eigenvalue weighted by Gasteiger charge is -2.58. The summed E-state index contributed by atoms with van der Waals surface area (Å²) in [6, 6.07) is 1.43. The Kier molecular flexibility index (Phi) is 12.7. The second kappa shape index (κ2) is 17.1. The van der Waals surface area contributed by atoms with Gasteiger partial charge in [0, 0.05) is 18.6 Å². The second-order valence-corrected chi connectivity index (χ2v) is 21.2. The lowest BCUT2D eigenvalue weighted by molar-refractivity contribution is -0.394. The first-order valence-electron chi connectivity index (χ1n) is 23.4. The smallest absolute Gasteiger partial charge is 0.187 e. The Bertz CT molecular complexity index is 1590. The summed E-state index contributed by atoms with van der Waals surface area (Å²) in [6.07, 6.45) is -11.1. The van der Waals surface area contributed by atoms with Crippen LogP contribution in [0.15, 0.2) is 11.6 Å². The van der Waals surface area contributed by atoms with Crippen molar-refractivity contribution in [3.05, 3.63) is 11.6 Å². The van der Waals surface area contributed by atoms with Gasteiger partial charge in [0.2, 0.25) is 0 Å². The first-order valence-corrected chi connectivity index (χ1v) is 23.4. The summed E-state index contributed by atoms with van der Waals surface area (Å²) >= 11 is 0. The highest BCUT2D eigenvalue weighted by atomic mass is 16.8. The van der Waals surface area contributed by atoms with E-state index in [0.29, 0.717) is 42.1 Å². The zero-order valence-corrected chi connectivity index (χ0v) is 36.3. The van der Waals surface area contributed by atoms with Crippen LogP contribution in [0.1, 0.15) is 92.4 Å². The summed E-state index contributed by atoms with van der Waals surface area (Å²) in [6.45, 7) is 11.4. The number of aliphatic hydroxyl groups excluding tert-OH is 9. The number of aliphatic hydroxyl groups is 9. The van der Waals surface area contributed by atoms with Crippen LogP contribution in [-0.4, -0.2) is 181 Å². The van der Waals surface area contributed by atoms with Crippen LogP contribution in [0.25, 0.3) is 0 Å². The molecule has 348 valence electrons. The maximum absolute atomic E-state index is 11.6. The van der Waals surface area contributed by atoms with Gasteiger partial charge in [0.25, 0.3) is 0 Å². The molecule has 0 amide bonds. The van der Waals surface area contributed by atoms with Crippen LogP contribution < -0.4 is 0 Å². The highest BCUT2D eigenvalue weighted by molar-refractivity contribution is 5.27. The molecule has 0 aromatic heterocycles. The molecule has 0 unspecified atom stereocenters. The van der Waals surface area contributed by atoms with Gasteiger partial charge < -0.3 is 74.4 Å². The van der Waals surface area contributed by atoms with Crippen molar-refractivity contribution in [2.45, 2.75) is 203 Å². The fourth-order valence-electron chi connectivity index (χ4n) is 14.7. The van der Waals surface area contributed by atoms with Gasteiger partial charge in [0.15, 0.2) is 18.9 Å². The summed E-state index contributed by atoms with van der Waals surface area (Å²) in [4.78, 5) is 2.94. The van der Waals surface area contributed by atoms with Crippen LogP contribution in [0.4, 0.5) is 0 Å². The summed E-state index contributed by atoms with van der Waals surface area (Å²) in [5.74, 6) is 4.15. The highest BCUT2D eigenvalue weighted by Gasteiger charge is 2.66. The zero-order chi connectivity index (χ0) is 43.4. The Labute approximate surface area is 359 Å². The molecule has 0 aromatic rings. The van der Waals surface area contributed by atoms with Gasteiger partial charge in [0.1, 0.15) is 67.1 Å². The van der Waals surface area contributed by atoms with Gasteiger partial charge in [-0.1, -0.05) is 39.3 Å². The number of hydrogen-bond acceptors (Lipinski definition) is 16. The van der Waals surface area contributed by atoms with Crippen molar-refractivity contribution in [1.29, 1.82) is 0 Å². The lowest BCUT2D eigenvalue weighted by atomic mass is 9.47. The molecule has 0 spiro atoms. The lowest BCUT2D eigenvalue weighted by Crippen LogP contribution is -2.67. The predicted molar refractivity (Wildman–Crippen MR) is 215 cm³/mol. The number of fused-ring (bicyclic) bond motifs is 9. The van der Waals surface area contributed by atoms with E-state index in [1.807, 2.05) is 0 Å². The fourth-order valence-corrected chi connectivity index (χ4v) is 14.7. The summed E-state index contributed by atoms with van der Waals surface area (Å²) in [7, 11) is 0. The maximum Gasteiger partial charge on any atom is 0.187 e. The van der Waals surface area contributed by atoms with Crippen molar-refractivity contribution in [2.24, 2.45) is 46.3 Å². The molecule has 16 heteroatoms. The van der Waals surface area contributed by atoms with Crippen molar-refractivity contribution in [3.63, 3.8) is 0 Å². The standard InChI is InChI=1S/C45H73NO15/c1-19-6-9-27-20(2)31-28(46(27)16-19)15-26-24-8-7-22-14-23(10-12-44(22,4)25(24)11-13-45(26,31)5)57-43-40(61-41-37(54)35(52)32(49)21(3)56-41)39(34(51)30(18-48)59-43)60-42-38(55)36(53)33(50)29(17-47)58-42/h7,19-21,23-43,47-55H,6,8-18H2,1-5H3/t19-,20+,21-,23-,24+,25-,26-,27-,28-,29+,30+,31-,32-,33+,34+,35+,36-,37+,38+,39-,40+,41-,42-,43+,44-,45-/m0/s1. The van der Waals surface area contributed by atoms with Gasteiger partial charge in [-0.05, 0) is 111 Å². The van der Waals surface area contributed by atoms with Crippen LogP contribution in [0.3, 0.4) is 0 Å². The van der Waals surface area contributed by atoms with E-state index in [2.05, 4.69) is 38.7 Å².